The van der Waals surface area contributed by atoms with Gasteiger partial charge >= 0.3 is 0 Å². The monoisotopic (exact) mass is 372 g/mol. The minimum absolute atomic E-state index is 0.00778. The Morgan fingerprint density at radius 1 is 1.15 bits per heavy atom. The highest BCUT2D eigenvalue weighted by molar-refractivity contribution is 7.89. The van der Waals surface area contributed by atoms with Gasteiger partial charge in [0.1, 0.15) is 0 Å². The molecule has 0 radical (unpaired) electrons. The third-order valence-electron chi connectivity index (χ3n) is 3.66. The molecule has 0 aromatic heterocycles. The number of fused-ring (bicyclic) bond motifs is 1. The Balaban J connectivity index is 1.72. The second-order valence-corrected chi connectivity index (χ2v) is 7.19. The minimum Gasteiger partial charge on any atom is -0.454 e. The Bertz CT molecular complexity index is 979. The van der Waals surface area contributed by atoms with E-state index in [9.17, 15) is 13.2 Å². The van der Waals surface area contributed by atoms with Crippen molar-refractivity contribution in [1.82, 2.24) is 10.0 Å². The Labute approximate surface area is 151 Å². The molecule has 0 aliphatic carbocycles. The number of amides is 1. The molecule has 1 aliphatic rings. The van der Waals surface area contributed by atoms with Gasteiger partial charge in [-0.2, -0.15) is 0 Å². The highest BCUT2D eigenvalue weighted by Gasteiger charge is 2.18. The third-order valence-corrected chi connectivity index (χ3v) is 5.06. The van der Waals surface area contributed by atoms with Gasteiger partial charge in [0.25, 0.3) is 5.91 Å². The minimum atomic E-state index is -3.79. The van der Waals surface area contributed by atoms with Crippen molar-refractivity contribution < 1.29 is 22.7 Å². The molecule has 8 heteroatoms. The van der Waals surface area contributed by atoms with Crippen LogP contribution in [0.5, 0.6) is 11.5 Å². The summed E-state index contributed by atoms with van der Waals surface area (Å²) in [6.45, 7) is 0.295. The summed E-state index contributed by atoms with van der Waals surface area (Å²) in [4.78, 5) is 11.9. The largest absolute Gasteiger partial charge is 0.454 e. The maximum atomic E-state index is 12.5. The molecular formula is C18H16N2O5S. The van der Waals surface area contributed by atoms with Crippen molar-refractivity contribution in [3.8, 4) is 23.8 Å². The van der Waals surface area contributed by atoms with Gasteiger partial charge in [0.2, 0.25) is 16.8 Å². The van der Waals surface area contributed by atoms with Crippen LogP contribution >= 0.6 is 0 Å². The van der Waals surface area contributed by atoms with Gasteiger partial charge in [-0.3, -0.25) is 4.79 Å². The zero-order chi connectivity index (χ0) is 18.6. The summed E-state index contributed by atoms with van der Waals surface area (Å²) in [6, 6.07) is 10.9. The number of hydrogen-bond acceptors (Lipinski definition) is 5. The molecule has 134 valence electrons. The van der Waals surface area contributed by atoms with E-state index in [4.69, 9.17) is 15.9 Å². The molecule has 0 unspecified atom stereocenters. The van der Waals surface area contributed by atoms with Crippen LogP contribution in [-0.4, -0.2) is 27.7 Å². The molecule has 3 rings (SSSR count). The molecule has 0 fully saturated rings. The van der Waals surface area contributed by atoms with Crippen molar-refractivity contribution in [1.29, 1.82) is 0 Å². The van der Waals surface area contributed by atoms with Crippen LogP contribution in [0.4, 0.5) is 0 Å². The Morgan fingerprint density at radius 2 is 1.96 bits per heavy atom. The lowest BCUT2D eigenvalue weighted by Crippen LogP contribution is -2.25. The number of rotatable bonds is 6. The standard InChI is InChI=1S/C18H16N2O5S/c1-2-8-19-18(21)14-4-3-5-15(10-14)26(22,23)20-11-13-6-7-16-17(9-13)25-12-24-16/h1,3-7,9-10,20H,8,11-12H2,(H,19,21). The average molecular weight is 372 g/mol. The Morgan fingerprint density at radius 3 is 2.77 bits per heavy atom. The van der Waals surface area contributed by atoms with Crippen molar-refractivity contribution >= 4 is 15.9 Å². The fraction of sp³-hybridized carbons (Fsp3) is 0.167. The summed E-state index contributed by atoms with van der Waals surface area (Å²) < 4.78 is 38.0. The SMILES string of the molecule is C#CCNC(=O)c1cccc(S(=O)(=O)NCc2ccc3c(c2)OCO3)c1. The molecule has 1 amide bonds. The molecule has 0 saturated carbocycles. The molecule has 1 heterocycles. The van der Waals surface area contributed by atoms with Gasteiger partial charge in [-0.15, -0.1) is 6.42 Å². The lowest BCUT2D eigenvalue weighted by molar-refractivity contribution is 0.0958. The predicted molar refractivity (Wildman–Crippen MR) is 94.2 cm³/mol. The van der Waals surface area contributed by atoms with Gasteiger partial charge in [0, 0.05) is 12.1 Å². The van der Waals surface area contributed by atoms with Crippen molar-refractivity contribution in [2.45, 2.75) is 11.4 Å². The number of ether oxygens (including phenoxy) is 2. The molecule has 0 atom stereocenters. The molecule has 0 spiro atoms. The zero-order valence-corrected chi connectivity index (χ0v) is 14.5. The van der Waals surface area contributed by atoms with Crippen LogP contribution in [-0.2, 0) is 16.6 Å². The highest BCUT2D eigenvalue weighted by atomic mass is 32.2. The van der Waals surface area contributed by atoms with Crippen LogP contribution in [0, 0.1) is 12.3 Å². The fourth-order valence-corrected chi connectivity index (χ4v) is 3.41. The van der Waals surface area contributed by atoms with Crippen LogP contribution in [0.25, 0.3) is 0 Å². The van der Waals surface area contributed by atoms with Crippen LogP contribution < -0.4 is 19.5 Å². The van der Waals surface area contributed by atoms with E-state index in [1.165, 1.54) is 24.3 Å². The van der Waals surface area contributed by atoms with Gasteiger partial charge in [-0.05, 0) is 35.9 Å². The molecule has 1 aliphatic heterocycles. The molecule has 0 bridgehead atoms. The van der Waals surface area contributed by atoms with Crippen LogP contribution in [0.15, 0.2) is 47.4 Å². The fourth-order valence-electron chi connectivity index (χ4n) is 2.35. The molecule has 2 aromatic carbocycles. The van der Waals surface area contributed by atoms with Gasteiger partial charge in [-0.1, -0.05) is 18.1 Å². The number of benzene rings is 2. The molecule has 2 aromatic rings. The summed E-state index contributed by atoms with van der Waals surface area (Å²) in [5, 5.41) is 2.49. The molecule has 26 heavy (non-hydrogen) atoms. The van der Waals surface area contributed by atoms with Crippen LogP contribution in [0.3, 0.4) is 0 Å². The first-order chi connectivity index (χ1) is 12.5. The van der Waals surface area contributed by atoms with Crippen molar-refractivity contribution in [3.05, 3.63) is 53.6 Å². The Hall–Kier alpha value is -3.02. The van der Waals surface area contributed by atoms with Crippen molar-refractivity contribution in [3.63, 3.8) is 0 Å². The topological polar surface area (TPSA) is 93.7 Å². The number of sulfonamides is 1. The number of nitrogens with one attached hydrogen (secondary N) is 2. The lowest BCUT2D eigenvalue weighted by Gasteiger charge is -2.09. The maximum absolute atomic E-state index is 12.5. The van der Waals surface area contributed by atoms with E-state index in [-0.39, 0.29) is 30.3 Å². The first-order valence-corrected chi connectivity index (χ1v) is 9.18. The first kappa shape index (κ1) is 17.8. The molecule has 7 nitrogen and oxygen atoms in total. The number of carbonyl (C=O) groups excluding carboxylic acids is 1. The normalized spacial score (nSPS) is 12.4. The van der Waals surface area contributed by atoms with Crippen LogP contribution in [0.2, 0.25) is 0 Å². The lowest BCUT2D eigenvalue weighted by atomic mass is 10.2. The van der Waals surface area contributed by atoms with Gasteiger partial charge in [-0.25, -0.2) is 13.1 Å². The zero-order valence-electron chi connectivity index (χ0n) is 13.7. The number of hydrogen-bond donors (Lipinski definition) is 2. The van der Waals surface area contributed by atoms with Crippen molar-refractivity contribution in [2.75, 3.05) is 13.3 Å². The third kappa shape index (κ3) is 3.96. The number of carbonyl (C=O) groups is 1. The quantitative estimate of drug-likeness (QED) is 0.745. The summed E-state index contributed by atoms with van der Waals surface area (Å²) in [5.41, 5.74) is 0.937. The summed E-state index contributed by atoms with van der Waals surface area (Å²) in [5.74, 6) is 3.06. The first-order valence-electron chi connectivity index (χ1n) is 7.69. The highest BCUT2D eigenvalue weighted by Crippen LogP contribution is 2.32. The van der Waals surface area contributed by atoms with Gasteiger partial charge < -0.3 is 14.8 Å². The summed E-state index contributed by atoms with van der Waals surface area (Å²) in [7, 11) is -3.79. The predicted octanol–water partition coefficient (Wildman–Crippen LogP) is 1.26. The van der Waals surface area contributed by atoms with E-state index < -0.39 is 15.9 Å². The molecule has 0 saturated heterocycles. The maximum Gasteiger partial charge on any atom is 0.252 e. The van der Waals surface area contributed by atoms with E-state index in [2.05, 4.69) is 16.0 Å². The second kappa shape index (κ2) is 7.47. The van der Waals surface area contributed by atoms with E-state index in [0.29, 0.717) is 11.5 Å². The Kier molecular flexibility index (Phi) is 5.11. The summed E-state index contributed by atoms with van der Waals surface area (Å²) >= 11 is 0. The van der Waals surface area contributed by atoms with E-state index in [0.717, 1.165) is 5.56 Å². The van der Waals surface area contributed by atoms with Gasteiger partial charge in [0.15, 0.2) is 11.5 Å². The van der Waals surface area contributed by atoms with E-state index >= 15 is 0 Å². The average Bonchev–Trinajstić information content (AvgIpc) is 3.12. The van der Waals surface area contributed by atoms with E-state index in [1.807, 2.05) is 0 Å². The molecule has 2 N–H and O–H groups in total. The second-order valence-electron chi connectivity index (χ2n) is 5.43. The van der Waals surface area contributed by atoms with Crippen molar-refractivity contribution in [2.24, 2.45) is 0 Å². The number of terminal acetylenes is 1. The summed E-state index contributed by atoms with van der Waals surface area (Å²) in [6.07, 6.45) is 5.10. The van der Waals surface area contributed by atoms with Gasteiger partial charge in [0.05, 0.1) is 11.4 Å². The smallest absolute Gasteiger partial charge is 0.252 e. The van der Waals surface area contributed by atoms with Crippen LogP contribution in [0.1, 0.15) is 15.9 Å². The molecular weight excluding hydrogens is 356 g/mol. The van der Waals surface area contributed by atoms with E-state index in [1.54, 1.807) is 18.2 Å².